The number of rotatable bonds is 9. The van der Waals surface area contributed by atoms with Crippen LogP contribution in [0.1, 0.15) is 38.5 Å². The number of nitrogens with zero attached hydrogens (tertiary/aromatic N) is 2. The van der Waals surface area contributed by atoms with E-state index in [0.29, 0.717) is 18.3 Å². The normalized spacial score (nSPS) is 20.3. The van der Waals surface area contributed by atoms with E-state index in [0.717, 1.165) is 51.3 Å². The van der Waals surface area contributed by atoms with Gasteiger partial charge < -0.3 is 30.3 Å². The Morgan fingerprint density at radius 1 is 0.838 bits per heavy atom. The Kier molecular flexibility index (Phi) is 12.5. The van der Waals surface area contributed by atoms with E-state index in [1.54, 1.807) is 6.82 Å². The second kappa shape index (κ2) is 15.8. The first-order chi connectivity index (χ1) is 17.9. The Balaban J connectivity index is 0.000000206. The molecule has 0 radical (unpaired) electrons. The Hall–Kier alpha value is -2.32. The van der Waals surface area contributed by atoms with E-state index in [1.165, 1.54) is 24.9 Å². The highest BCUT2D eigenvalue weighted by Crippen LogP contribution is 2.21. The van der Waals surface area contributed by atoms with Crippen LogP contribution in [0.4, 0.5) is 11.4 Å². The third-order valence-electron chi connectivity index (χ3n) is 7.34. The van der Waals surface area contributed by atoms with E-state index < -0.39 is 7.05 Å². The van der Waals surface area contributed by atoms with Gasteiger partial charge in [-0.1, -0.05) is 36.4 Å². The van der Waals surface area contributed by atoms with Crippen molar-refractivity contribution in [2.75, 3.05) is 43.4 Å². The number of carbonyl (C=O) groups excluding carboxylic acids is 1. The van der Waals surface area contributed by atoms with Gasteiger partial charge in [-0.2, -0.15) is 0 Å². The monoisotopic (exact) mass is 506 g/mol. The van der Waals surface area contributed by atoms with Crippen molar-refractivity contribution in [3.8, 4) is 0 Å². The third-order valence-corrected chi connectivity index (χ3v) is 7.34. The number of hydrogen-bond acceptors (Lipinski definition) is 6. The summed E-state index contributed by atoms with van der Waals surface area (Å²) >= 11 is 0. The summed E-state index contributed by atoms with van der Waals surface area (Å²) in [6, 6.07) is 19.9. The van der Waals surface area contributed by atoms with E-state index in [-0.39, 0.29) is 13.0 Å². The molecule has 2 atom stereocenters. The molecular formula is C28H44B2N4O3. The van der Waals surface area contributed by atoms with Crippen LogP contribution in [-0.2, 0) is 4.79 Å². The molecule has 2 aliphatic rings. The van der Waals surface area contributed by atoms with Gasteiger partial charge in [-0.15, -0.1) is 0 Å². The van der Waals surface area contributed by atoms with Crippen molar-refractivity contribution in [1.82, 2.24) is 9.62 Å². The molecule has 0 spiro atoms. The van der Waals surface area contributed by atoms with Crippen molar-refractivity contribution in [2.24, 2.45) is 11.8 Å². The van der Waals surface area contributed by atoms with Gasteiger partial charge in [0.15, 0.2) is 0 Å². The number of piperidine rings is 2. The first kappa shape index (κ1) is 29.2. The Morgan fingerprint density at radius 2 is 1.35 bits per heavy atom. The summed E-state index contributed by atoms with van der Waals surface area (Å²) in [4.78, 5) is 16.2. The average molecular weight is 506 g/mol. The maximum atomic E-state index is 12.0. The highest BCUT2D eigenvalue weighted by Gasteiger charge is 2.26. The highest BCUT2D eigenvalue weighted by molar-refractivity contribution is 6.45. The zero-order valence-electron chi connectivity index (χ0n) is 22.6. The zero-order valence-corrected chi connectivity index (χ0v) is 22.6. The Morgan fingerprint density at radius 3 is 1.92 bits per heavy atom. The largest absolute Gasteiger partial charge is 0.437 e. The molecular weight excluding hydrogens is 462 g/mol. The zero-order chi connectivity index (χ0) is 26.5. The van der Waals surface area contributed by atoms with E-state index in [1.807, 2.05) is 48.0 Å². The molecule has 0 bridgehead atoms. The van der Waals surface area contributed by atoms with Crippen LogP contribution in [0.3, 0.4) is 0 Å². The van der Waals surface area contributed by atoms with Crippen LogP contribution < -0.4 is 10.6 Å². The molecule has 1 amide bonds. The lowest BCUT2D eigenvalue weighted by molar-refractivity contribution is -0.117. The molecule has 2 aromatic carbocycles. The smallest absolute Gasteiger partial charge is 0.376 e. The average Bonchev–Trinajstić information content (AvgIpc) is 2.90. The summed E-state index contributed by atoms with van der Waals surface area (Å²) in [5.41, 5.74) is 2.04. The van der Waals surface area contributed by atoms with Gasteiger partial charge in [0, 0.05) is 24.3 Å². The minimum Gasteiger partial charge on any atom is -0.437 e. The first-order valence-electron chi connectivity index (χ1n) is 13.9. The minimum atomic E-state index is -0.417. The van der Waals surface area contributed by atoms with Gasteiger partial charge in [0.25, 0.3) is 0 Å². The molecule has 2 aliphatic heterocycles. The number of benzene rings is 2. The fourth-order valence-electron chi connectivity index (χ4n) is 5.25. The molecule has 0 saturated carbocycles. The molecule has 200 valence electrons. The lowest BCUT2D eigenvalue weighted by atomic mass is 9.80. The molecule has 37 heavy (non-hydrogen) atoms. The lowest BCUT2D eigenvalue weighted by Gasteiger charge is -2.33. The summed E-state index contributed by atoms with van der Waals surface area (Å²) in [6.45, 7) is 8.47. The van der Waals surface area contributed by atoms with Gasteiger partial charge in [-0.25, -0.2) is 0 Å². The van der Waals surface area contributed by atoms with Gasteiger partial charge in [0.05, 0.1) is 0 Å². The van der Waals surface area contributed by atoms with Gasteiger partial charge in [0.2, 0.25) is 5.91 Å². The predicted octanol–water partition coefficient (Wildman–Crippen LogP) is 4.15. The number of hydrogen-bond donors (Lipinski definition) is 4. The summed E-state index contributed by atoms with van der Waals surface area (Å²) in [7, 11) is -0.713. The molecule has 7 nitrogen and oxygen atoms in total. The van der Waals surface area contributed by atoms with Crippen LogP contribution in [0.15, 0.2) is 60.7 Å². The number of amides is 1. The summed E-state index contributed by atoms with van der Waals surface area (Å²) in [5.74, 6) is 1.11. The summed E-state index contributed by atoms with van der Waals surface area (Å²) < 4.78 is 0. The molecule has 2 aromatic rings. The predicted molar refractivity (Wildman–Crippen MR) is 156 cm³/mol. The Labute approximate surface area is 223 Å². The third kappa shape index (κ3) is 10.9. The standard InChI is InChI=1S/C14H21BN2O2.C14H23BN2O/c1-15(19)17-9-5-6-12(11-17)10-14(18)16-13-7-3-2-4-8-13;1-15(18)17-11-5-6-13(12-17)9-10-16-14-7-3-2-4-8-14/h2-4,7-8,12,19H,5-6,9-11H2,1H3,(H,16,18);2-4,7-8,13,16,18H,5-6,9-12H2,1H3. The second-order valence-electron chi connectivity index (χ2n) is 10.5. The second-order valence-corrected chi connectivity index (χ2v) is 10.5. The van der Waals surface area contributed by atoms with Crippen molar-refractivity contribution >= 4 is 31.4 Å². The van der Waals surface area contributed by atoms with E-state index >= 15 is 0 Å². The number of nitrogens with one attached hydrogen (secondary N) is 2. The molecule has 0 aliphatic carbocycles. The van der Waals surface area contributed by atoms with Crippen molar-refractivity contribution in [3.05, 3.63) is 60.7 Å². The SMILES string of the molecule is CB(O)N1CCCC(CC(=O)Nc2ccccc2)C1.CB(O)N1CCCC(CCNc2ccccc2)C1. The van der Waals surface area contributed by atoms with Gasteiger partial charge in [-0.05, 0) is 108 Å². The number of anilines is 2. The molecule has 4 rings (SSSR count). The Bertz CT molecular complexity index is 905. The van der Waals surface area contributed by atoms with Crippen LogP contribution >= 0.6 is 0 Å². The van der Waals surface area contributed by atoms with Crippen LogP contribution in [0.5, 0.6) is 0 Å². The maximum absolute atomic E-state index is 12.0. The topological polar surface area (TPSA) is 88.1 Å². The molecule has 2 unspecified atom stereocenters. The van der Waals surface area contributed by atoms with Gasteiger partial charge in [-0.3, -0.25) is 4.79 Å². The van der Waals surface area contributed by atoms with Crippen molar-refractivity contribution in [1.29, 1.82) is 0 Å². The molecule has 2 heterocycles. The molecule has 0 aromatic heterocycles. The van der Waals surface area contributed by atoms with Crippen LogP contribution in [0.25, 0.3) is 0 Å². The van der Waals surface area contributed by atoms with Gasteiger partial charge in [0.1, 0.15) is 0 Å². The maximum Gasteiger partial charge on any atom is 0.376 e. The van der Waals surface area contributed by atoms with E-state index in [9.17, 15) is 14.8 Å². The number of para-hydroxylation sites is 2. The van der Waals surface area contributed by atoms with Crippen LogP contribution in [-0.4, -0.2) is 72.4 Å². The fraction of sp³-hybridized carbons (Fsp3) is 0.536. The number of carbonyl (C=O) groups is 1. The van der Waals surface area contributed by atoms with Crippen molar-refractivity contribution in [2.45, 2.75) is 52.2 Å². The molecule has 2 fully saturated rings. The molecule has 2 saturated heterocycles. The van der Waals surface area contributed by atoms with Crippen molar-refractivity contribution in [3.63, 3.8) is 0 Å². The summed E-state index contributed by atoms with van der Waals surface area (Å²) in [6.07, 6.45) is 6.32. The fourth-order valence-corrected chi connectivity index (χ4v) is 5.25. The van der Waals surface area contributed by atoms with Gasteiger partial charge >= 0.3 is 14.1 Å². The summed E-state index contributed by atoms with van der Waals surface area (Å²) in [5, 5.41) is 25.6. The van der Waals surface area contributed by atoms with E-state index in [2.05, 4.69) is 39.7 Å². The molecule has 4 N–H and O–H groups in total. The van der Waals surface area contributed by atoms with Crippen molar-refractivity contribution < 1.29 is 14.8 Å². The van der Waals surface area contributed by atoms with Crippen LogP contribution in [0.2, 0.25) is 13.6 Å². The minimum absolute atomic E-state index is 0.0589. The quantitative estimate of drug-likeness (QED) is 0.383. The van der Waals surface area contributed by atoms with Crippen LogP contribution in [0, 0.1) is 11.8 Å². The lowest BCUT2D eigenvalue weighted by Crippen LogP contribution is -2.44. The highest BCUT2D eigenvalue weighted by atomic mass is 16.2. The first-order valence-corrected chi connectivity index (χ1v) is 13.9. The van der Waals surface area contributed by atoms with E-state index in [4.69, 9.17) is 0 Å². The molecule has 9 heteroatoms.